The number of carboxylic acids is 1. The van der Waals surface area contributed by atoms with Gasteiger partial charge in [0.25, 0.3) is 10.0 Å². The van der Waals surface area contributed by atoms with Crippen molar-refractivity contribution in [2.45, 2.75) is 31.3 Å². The monoisotopic (exact) mass is 262 g/mol. The molecule has 96 valence electrons. The van der Waals surface area contributed by atoms with Crippen molar-refractivity contribution in [2.75, 3.05) is 0 Å². The van der Waals surface area contributed by atoms with Gasteiger partial charge >= 0.3 is 5.97 Å². The van der Waals surface area contributed by atoms with Crippen LogP contribution in [0.3, 0.4) is 0 Å². The summed E-state index contributed by atoms with van der Waals surface area (Å²) < 4.78 is 23.3. The molecule has 17 heavy (non-hydrogen) atoms. The highest BCUT2D eigenvalue weighted by atomic mass is 32.2. The van der Waals surface area contributed by atoms with Gasteiger partial charge in [0, 0.05) is 6.20 Å². The van der Waals surface area contributed by atoms with E-state index >= 15 is 0 Å². The Balaban J connectivity index is 2.86. The number of H-pyrrole nitrogens is 1. The van der Waals surface area contributed by atoms with Crippen molar-refractivity contribution < 1.29 is 23.2 Å². The van der Waals surface area contributed by atoms with Gasteiger partial charge in [-0.05, 0) is 26.8 Å². The molecular formula is C9H14N2O5S. The van der Waals surface area contributed by atoms with Crippen molar-refractivity contribution >= 4 is 16.0 Å². The van der Waals surface area contributed by atoms with Gasteiger partial charge in [0.15, 0.2) is 0 Å². The third-order valence-electron chi connectivity index (χ3n) is 1.65. The molecule has 0 aliphatic carbocycles. The number of sulfonamides is 1. The summed E-state index contributed by atoms with van der Waals surface area (Å²) in [5, 5.41) is 8.65. The van der Waals surface area contributed by atoms with Crippen LogP contribution in [0.4, 0.5) is 0 Å². The number of nitrogens with one attached hydrogen (secondary N) is 2. The fraction of sp³-hybridized carbons (Fsp3) is 0.444. The molecule has 0 unspecified atom stereocenters. The molecule has 1 rings (SSSR count). The topological polar surface area (TPSA) is 108 Å². The van der Waals surface area contributed by atoms with Gasteiger partial charge in [0.1, 0.15) is 10.6 Å². The van der Waals surface area contributed by atoms with Crippen LogP contribution in [-0.2, 0) is 14.9 Å². The fourth-order valence-electron chi connectivity index (χ4n) is 0.881. The molecule has 0 aliphatic heterocycles. The Kier molecular flexibility index (Phi) is 3.60. The van der Waals surface area contributed by atoms with Gasteiger partial charge in [-0.2, -0.15) is 0 Å². The lowest BCUT2D eigenvalue weighted by Crippen LogP contribution is -2.33. The third-order valence-corrected chi connectivity index (χ3v) is 2.81. The predicted molar refractivity (Wildman–Crippen MR) is 58.9 cm³/mol. The number of aromatic carboxylic acids is 1. The Morgan fingerprint density at radius 1 is 1.47 bits per heavy atom. The van der Waals surface area contributed by atoms with Crippen LogP contribution in [0.5, 0.6) is 0 Å². The van der Waals surface area contributed by atoms with Crippen LogP contribution in [-0.4, -0.2) is 30.1 Å². The van der Waals surface area contributed by atoms with Gasteiger partial charge in [0.05, 0.1) is 5.60 Å². The second kappa shape index (κ2) is 4.47. The number of aromatic nitrogens is 1. The van der Waals surface area contributed by atoms with Crippen molar-refractivity contribution in [3.8, 4) is 0 Å². The molecule has 0 aromatic carbocycles. The molecule has 0 bridgehead atoms. The third kappa shape index (κ3) is 3.84. The molecule has 1 aromatic rings. The van der Waals surface area contributed by atoms with Crippen LogP contribution in [0.2, 0.25) is 0 Å². The second-order valence-electron chi connectivity index (χ2n) is 4.36. The zero-order valence-electron chi connectivity index (χ0n) is 9.64. The second-order valence-corrected chi connectivity index (χ2v) is 6.00. The normalized spacial score (nSPS) is 12.6. The largest absolute Gasteiger partial charge is 0.477 e. The van der Waals surface area contributed by atoms with Gasteiger partial charge < -0.3 is 10.1 Å². The summed E-state index contributed by atoms with van der Waals surface area (Å²) >= 11 is 0. The molecule has 0 atom stereocenters. The van der Waals surface area contributed by atoms with Crippen LogP contribution < -0.4 is 4.89 Å². The molecule has 0 amide bonds. The first kappa shape index (κ1) is 13.7. The van der Waals surface area contributed by atoms with Crippen LogP contribution in [0.1, 0.15) is 31.3 Å². The van der Waals surface area contributed by atoms with E-state index < -0.39 is 21.6 Å². The van der Waals surface area contributed by atoms with E-state index in [1.807, 2.05) is 4.89 Å². The van der Waals surface area contributed by atoms with Crippen LogP contribution in [0, 0.1) is 0 Å². The summed E-state index contributed by atoms with van der Waals surface area (Å²) in [4.78, 5) is 19.6. The number of hydrogen-bond acceptors (Lipinski definition) is 4. The summed E-state index contributed by atoms with van der Waals surface area (Å²) in [6.45, 7) is 5.03. The lowest BCUT2D eigenvalue weighted by Gasteiger charge is -2.18. The molecule has 0 saturated heterocycles. The maximum atomic E-state index is 11.7. The molecule has 7 nitrogen and oxygen atoms in total. The molecule has 0 aliphatic rings. The molecule has 0 spiro atoms. The maximum Gasteiger partial charge on any atom is 0.352 e. The Bertz CT molecular complexity index is 512. The minimum absolute atomic E-state index is 0.195. The van der Waals surface area contributed by atoms with Crippen molar-refractivity contribution in [3.05, 3.63) is 18.0 Å². The molecule has 8 heteroatoms. The summed E-state index contributed by atoms with van der Waals surface area (Å²) in [7, 11) is -3.87. The van der Waals surface area contributed by atoms with E-state index in [0.717, 1.165) is 12.3 Å². The van der Waals surface area contributed by atoms with Gasteiger partial charge in [-0.25, -0.2) is 13.2 Å². The number of carbonyl (C=O) groups is 1. The van der Waals surface area contributed by atoms with Crippen LogP contribution in [0.25, 0.3) is 0 Å². The number of hydrogen-bond donors (Lipinski definition) is 3. The zero-order valence-corrected chi connectivity index (χ0v) is 10.5. The Labute approximate surface area is 98.8 Å². The first-order chi connectivity index (χ1) is 7.62. The lowest BCUT2D eigenvalue weighted by molar-refractivity contribution is -0.0357. The molecule has 1 aromatic heterocycles. The summed E-state index contributed by atoms with van der Waals surface area (Å²) in [5.41, 5.74) is -0.889. The predicted octanol–water partition coefficient (Wildman–Crippen LogP) is 0.721. The van der Waals surface area contributed by atoms with Crippen molar-refractivity contribution in [3.63, 3.8) is 0 Å². The fourth-order valence-corrected chi connectivity index (χ4v) is 1.82. The highest BCUT2D eigenvalue weighted by Crippen LogP contribution is 2.12. The summed E-state index contributed by atoms with van der Waals surface area (Å²) in [6, 6.07) is 1.01. The summed E-state index contributed by atoms with van der Waals surface area (Å²) in [5.74, 6) is -1.23. The smallest absolute Gasteiger partial charge is 0.352 e. The van der Waals surface area contributed by atoms with Gasteiger partial charge in [-0.3, -0.25) is 4.84 Å². The average Bonchev–Trinajstić information content (AvgIpc) is 2.63. The molecular weight excluding hydrogens is 248 g/mol. The van der Waals surface area contributed by atoms with E-state index in [9.17, 15) is 13.2 Å². The zero-order chi connectivity index (χ0) is 13.3. The molecule has 0 radical (unpaired) electrons. The van der Waals surface area contributed by atoms with Crippen LogP contribution >= 0.6 is 0 Å². The highest BCUT2D eigenvalue weighted by molar-refractivity contribution is 7.89. The first-order valence-electron chi connectivity index (χ1n) is 4.73. The molecule has 1 heterocycles. The minimum Gasteiger partial charge on any atom is -0.477 e. The number of carboxylic acid groups (broad SMARTS) is 1. The SMILES string of the molecule is CC(C)(C)ONS(=O)(=O)c1c[nH]c(C(=O)O)c1. The van der Waals surface area contributed by atoms with E-state index in [0.29, 0.717) is 0 Å². The van der Waals surface area contributed by atoms with E-state index in [1.165, 1.54) is 0 Å². The molecule has 3 N–H and O–H groups in total. The highest BCUT2D eigenvalue weighted by Gasteiger charge is 2.21. The molecule has 0 saturated carbocycles. The van der Waals surface area contributed by atoms with Gasteiger partial charge in [-0.1, -0.05) is 4.89 Å². The van der Waals surface area contributed by atoms with Crippen molar-refractivity contribution in [2.24, 2.45) is 0 Å². The van der Waals surface area contributed by atoms with E-state index in [2.05, 4.69) is 4.98 Å². The van der Waals surface area contributed by atoms with E-state index in [4.69, 9.17) is 9.94 Å². The Hall–Kier alpha value is -1.38. The van der Waals surface area contributed by atoms with Gasteiger partial charge in [-0.15, -0.1) is 0 Å². The summed E-state index contributed by atoms with van der Waals surface area (Å²) in [6.07, 6.45) is 1.08. The molecule has 0 fully saturated rings. The number of aromatic amines is 1. The first-order valence-corrected chi connectivity index (χ1v) is 6.22. The van der Waals surface area contributed by atoms with Gasteiger partial charge in [0.2, 0.25) is 0 Å². The maximum absolute atomic E-state index is 11.7. The van der Waals surface area contributed by atoms with Crippen molar-refractivity contribution in [1.29, 1.82) is 0 Å². The Morgan fingerprint density at radius 3 is 2.47 bits per heavy atom. The van der Waals surface area contributed by atoms with Crippen molar-refractivity contribution in [1.82, 2.24) is 9.87 Å². The lowest BCUT2D eigenvalue weighted by atomic mass is 10.2. The van der Waals surface area contributed by atoms with E-state index in [-0.39, 0.29) is 10.6 Å². The Morgan fingerprint density at radius 2 is 2.06 bits per heavy atom. The van der Waals surface area contributed by atoms with E-state index in [1.54, 1.807) is 20.8 Å². The minimum atomic E-state index is -3.87. The number of rotatable bonds is 4. The average molecular weight is 262 g/mol. The van der Waals surface area contributed by atoms with Crippen LogP contribution in [0.15, 0.2) is 17.2 Å². The quantitative estimate of drug-likeness (QED) is 0.693. The standard InChI is InChI=1S/C9H14N2O5S/c1-9(2,3)16-11-17(14,15)6-4-7(8(12)13)10-5-6/h4-5,10-11H,1-3H3,(H,12,13).